The first-order chi connectivity index (χ1) is 8.93. The lowest BCUT2D eigenvalue weighted by atomic mass is 10.1. The second-order valence-electron chi connectivity index (χ2n) is 4.20. The number of aliphatic hydroxyl groups excluding tert-OH is 2. The SMILES string of the molecule is CC(=O)O.CCCCCCCC(=O)OCC(O)CO. The molecule has 0 rings (SSSR count). The van der Waals surface area contributed by atoms with Crippen LogP contribution in [-0.4, -0.2) is 46.6 Å². The average molecular weight is 278 g/mol. The Hall–Kier alpha value is -1.14. The van der Waals surface area contributed by atoms with Gasteiger partial charge in [0.2, 0.25) is 0 Å². The molecular formula is C13H26O6. The van der Waals surface area contributed by atoms with Crippen LogP contribution in [0.2, 0.25) is 0 Å². The van der Waals surface area contributed by atoms with Crippen LogP contribution in [0.5, 0.6) is 0 Å². The molecule has 19 heavy (non-hydrogen) atoms. The van der Waals surface area contributed by atoms with Crippen LogP contribution < -0.4 is 0 Å². The largest absolute Gasteiger partial charge is 0.481 e. The lowest BCUT2D eigenvalue weighted by Gasteiger charge is -2.08. The van der Waals surface area contributed by atoms with Gasteiger partial charge in [0.1, 0.15) is 12.7 Å². The zero-order valence-electron chi connectivity index (χ0n) is 11.8. The normalized spacial score (nSPS) is 11.2. The van der Waals surface area contributed by atoms with Crippen LogP contribution in [0.4, 0.5) is 0 Å². The van der Waals surface area contributed by atoms with Crippen LogP contribution >= 0.6 is 0 Å². The number of aliphatic carboxylic acids is 1. The van der Waals surface area contributed by atoms with Gasteiger partial charge in [-0.2, -0.15) is 0 Å². The fourth-order valence-corrected chi connectivity index (χ4v) is 1.19. The highest BCUT2D eigenvalue weighted by atomic mass is 16.5. The van der Waals surface area contributed by atoms with Crippen molar-refractivity contribution in [2.45, 2.75) is 58.5 Å². The number of aliphatic hydroxyl groups is 2. The minimum atomic E-state index is -0.950. The monoisotopic (exact) mass is 278 g/mol. The predicted molar refractivity (Wildman–Crippen MR) is 70.7 cm³/mol. The number of unbranched alkanes of at least 4 members (excludes halogenated alkanes) is 4. The van der Waals surface area contributed by atoms with Gasteiger partial charge >= 0.3 is 5.97 Å². The van der Waals surface area contributed by atoms with E-state index in [0.29, 0.717) is 6.42 Å². The van der Waals surface area contributed by atoms with Crippen LogP contribution in [0.25, 0.3) is 0 Å². The Bertz CT molecular complexity index is 225. The van der Waals surface area contributed by atoms with Crippen molar-refractivity contribution in [3.8, 4) is 0 Å². The number of carbonyl (C=O) groups is 2. The Kier molecular flexibility index (Phi) is 15.8. The van der Waals surface area contributed by atoms with Crippen molar-refractivity contribution in [2.75, 3.05) is 13.2 Å². The van der Waals surface area contributed by atoms with Gasteiger partial charge in [-0.25, -0.2) is 0 Å². The van der Waals surface area contributed by atoms with E-state index in [2.05, 4.69) is 6.92 Å². The van der Waals surface area contributed by atoms with Gasteiger partial charge in [-0.1, -0.05) is 32.6 Å². The van der Waals surface area contributed by atoms with Gasteiger partial charge in [0.25, 0.3) is 5.97 Å². The minimum absolute atomic E-state index is 0.107. The third kappa shape index (κ3) is 22.5. The topological polar surface area (TPSA) is 104 Å². The molecule has 6 nitrogen and oxygen atoms in total. The number of hydrogen-bond donors (Lipinski definition) is 3. The number of carbonyl (C=O) groups excluding carboxylic acids is 1. The molecule has 0 aromatic carbocycles. The van der Waals surface area contributed by atoms with E-state index >= 15 is 0 Å². The number of carboxylic acid groups (broad SMARTS) is 1. The fraction of sp³-hybridized carbons (Fsp3) is 0.846. The molecule has 0 aromatic heterocycles. The van der Waals surface area contributed by atoms with Gasteiger partial charge in [0.15, 0.2) is 0 Å². The molecule has 0 aliphatic heterocycles. The van der Waals surface area contributed by atoms with Crippen molar-refractivity contribution in [3.05, 3.63) is 0 Å². The summed E-state index contributed by atoms with van der Waals surface area (Å²) in [4.78, 5) is 20.1. The highest BCUT2D eigenvalue weighted by Crippen LogP contribution is 2.05. The van der Waals surface area contributed by atoms with Crippen molar-refractivity contribution < 1.29 is 29.6 Å². The van der Waals surface area contributed by atoms with Gasteiger partial charge in [-0.15, -0.1) is 0 Å². The molecule has 0 heterocycles. The summed E-state index contributed by atoms with van der Waals surface area (Å²) < 4.78 is 4.75. The number of carboxylic acids is 1. The first kappa shape index (κ1) is 20.2. The number of rotatable bonds is 9. The molecule has 0 saturated heterocycles. The highest BCUT2D eigenvalue weighted by Gasteiger charge is 2.06. The average Bonchev–Trinajstić information content (AvgIpc) is 2.35. The van der Waals surface area contributed by atoms with E-state index in [0.717, 1.165) is 26.2 Å². The quantitative estimate of drug-likeness (QED) is 0.434. The lowest BCUT2D eigenvalue weighted by molar-refractivity contribution is -0.147. The standard InChI is InChI=1S/C11H22O4.C2H4O2/c1-2-3-4-5-6-7-11(14)15-9-10(13)8-12;1-2(3)4/h10,12-13H,2-9H2,1H3;1H3,(H,3,4). The van der Waals surface area contributed by atoms with E-state index in [1.54, 1.807) is 0 Å². The minimum Gasteiger partial charge on any atom is -0.481 e. The molecule has 0 aliphatic carbocycles. The lowest BCUT2D eigenvalue weighted by Crippen LogP contribution is -2.21. The number of ether oxygens (including phenoxy) is 1. The van der Waals surface area contributed by atoms with Crippen molar-refractivity contribution in [1.29, 1.82) is 0 Å². The van der Waals surface area contributed by atoms with Gasteiger partial charge in [0, 0.05) is 13.3 Å². The zero-order valence-corrected chi connectivity index (χ0v) is 11.8. The molecule has 3 N–H and O–H groups in total. The third-order valence-electron chi connectivity index (χ3n) is 2.13. The maximum Gasteiger partial charge on any atom is 0.305 e. The van der Waals surface area contributed by atoms with E-state index in [-0.39, 0.29) is 19.2 Å². The maximum absolute atomic E-state index is 11.1. The summed E-state index contributed by atoms with van der Waals surface area (Å²) in [6, 6.07) is 0. The molecule has 0 aliphatic rings. The maximum atomic E-state index is 11.1. The van der Waals surface area contributed by atoms with E-state index in [1.807, 2.05) is 0 Å². The predicted octanol–water partition coefficient (Wildman–Crippen LogP) is 1.33. The van der Waals surface area contributed by atoms with Gasteiger partial charge in [-0.3, -0.25) is 9.59 Å². The molecule has 0 saturated carbocycles. The molecule has 1 unspecified atom stereocenters. The summed E-state index contributed by atoms with van der Waals surface area (Å²) in [7, 11) is 0. The van der Waals surface area contributed by atoms with E-state index in [4.69, 9.17) is 24.9 Å². The van der Waals surface area contributed by atoms with Crippen molar-refractivity contribution in [1.82, 2.24) is 0 Å². The van der Waals surface area contributed by atoms with Gasteiger partial charge < -0.3 is 20.1 Å². The summed E-state index contributed by atoms with van der Waals surface area (Å²) in [6.07, 6.45) is 4.89. The Balaban J connectivity index is 0. The van der Waals surface area contributed by atoms with Crippen molar-refractivity contribution in [3.63, 3.8) is 0 Å². The molecule has 0 spiro atoms. The highest BCUT2D eigenvalue weighted by molar-refractivity contribution is 5.69. The third-order valence-corrected chi connectivity index (χ3v) is 2.13. The zero-order chi connectivity index (χ0) is 15.1. The van der Waals surface area contributed by atoms with Gasteiger partial charge in [-0.05, 0) is 6.42 Å². The van der Waals surface area contributed by atoms with Crippen LogP contribution in [0.3, 0.4) is 0 Å². The van der Waals surface area contributed by atoms with Gasteiger partial charge in [0.05, 0.1) is 6.61 Å². The summed E-state index contributed by atoms with van der Waals surface area (Å²) in [6.45, 7) is 2.75. The van der Waals surface area contributed by atoms with E-state index < -0.39 is 12.1 Å². The fourth-order valence-electron chi connectivity index (χ4n) is 1.19. The molecule has 0 radical (unpaired) electrons. The Morgan fingerprint density at radius 3 is 2.16 bits per heavy atom. The number of hydrogen-bond acceptors (Lipinski definition) is 5. The first-order valence-electron chi connectivity index (χ1n) is 6.58. The molecule has 6 heteroatoms. The molecule has 0 bridgehead atoms. The van der Waals surface area contributed by atoms with Crippen LogP contribution in [0, 0.1) is 0 Å². The molecule has 0 amide bonds. The van der Waals surface area contributed by atoms with E-state index in [1.165, 1.54) is 12.8 Å². The molecular weight excluding hydrogens is 252 g/mol. The summed E-state index contributed by atoms with van der Waals surface area (Å²) in [5.74, 6) is -1.13. The van der Waals surface area contributed by atoms with Crippen LogP contribution in [0.1, 0.15) is 52.4 Å². The Labute approximate surface area is 114 Å². The van der Waals surface area contributed by atoms with Crippen molar-refractivity contribution >= 4 is 11.9 Å². The molecule has 114 valence electrons. The second-order valence-corrected chi connectivity index (χ2v) is 4.20. The summed E-state index contributed by atoms with van der Waals surface area (Å²) >= 11 is 0. The number of esters is 1. The summed E-state index contributed by atoms with van der Waals surface area (Å²) in [5.41, 5.74) is 0. The van der Waals surface area contributed by atoms with Crippen molar-refractivity contribution in [2.24, 2.45) is 0 Å². The smallest absolute Gasteiger partial charge is 0.305 e. The van der Waals surface area contributed by atoms with Crippen LogP contribution in [0.15, 0.2) is 0 Å². The summed E-state index contributed by atoms with van der Waals surface area (Å²) in [5, 5.41) is 24.8. The Morgan fingerprint density at radius 1 is 1.16 bits per heavy atom. The first-order valence-corrected chi connectivity index (χ1v) is 6.58. The van der Waals surface area contributed by atoms with E-state index in [9.17, 15) is 4.79 Å². The molecule has 0 fully saturated rings. The second kappa shape index (κ2) is 14.9. The molecule has 0 aromatic rings. The van der Waals surface area contributed by atoms with Crippen LogP contribution in [-0.2, 0) is 14.3 Å². The molecule has 1 atom stereocenters. The Morgan fingerprint density at radius 2 is 1.68 bits per heavy atom.